The van der Waals surface area contributed by atoms with Gasteiger partial charge in [0.05, 0.1) is 19.5 Å². The van der Waals surface area contributed by atoms with E-state index >= 15 is 0 Å². The molecule has 0 bridgehead atoms. The Labute approximate surface area is 218 Å². The first-order chi connectivity index (χ1) is 18.4. The SMILES string of the molecule is COc1ccc2c(c1)C(=O)N(C[C@H](NC(=O)NC=O)c1ccc(-c3ncnc4c3ncn4C(C)C)cc1)C2. The van der Waals surface area contributed by atoms with Crippen LogP contribution in [-0.4, -0.2) is 56.4 Å². The van der Waals surface area contributed by atoms with Gasteiger partial charge in [0, 0.05) is 30.3 Å². The Bertz CT molecular complexity index is 1510. The van der Waals surface area contributed by atoms with E-state index in [-0.39, 0.29) is 18.5 Å². The normalized spacial score (nSPS) is 13.5. The van der Waals surface area contributed by atoms with Crippen LogP contribution in [0.3, 0.4) is 0 Å². The van der Waals surface area contributed by atoms with E-state index in [1.54, 1.807) is 24.4 Å². The van der Waals surface area contributed by atoms with Gasteiger partial charge in [-0.3, -0.25) is 14.9 Å². The summed E-state index contributed by atoms with van der Waals surface area (Å²) in [5.74, 6) is 0.453. The summed E-state index contributed by atoms with van der Waals surface area (Å²) in [7, 11) is 1.55. The summed E-state index contributed by atoms with van der Waals surface area (Å²) in [6.07, 6.45) is 3.59. The Morgan fingerprint density at radius 1 is 1.13 bits per heavy atom. The Morgan fingerprint density at radius 3 is 2.63 bits per heavy atom. The molecule has 2 N–H and O–H groups in total. The minimum atomic E-state index is -0.656. The summed E-state index contributed by atoms with van der Waals surface area (Å²) in [6.45, 7) is 4.73. The van der Waals surface area contributed by atoms with Crippen molar-refractivity contribution < 1.29 is 19.1 Å². The first-order valence-electron chi connectivity index (χ1n) is 12.1. The summed E-state index contributed by atoms with van der Waals surface area (Å²) in [5.41, 5.74) is 5.20. The summed E-state index contributed by atoms with van der Waals surface area (Å²) in [5, 5.41) is 4.90. The Morgan fingerprint density at radius 2 is 1.92 bits per heavy atom. The van der Waals surface area contributed by atoms with Crippen molar-refractivity contribution in [3.63, 3.8) is 0 Å². The van der Waals surface area contributed by atoms with Crippen molar-refractivity contribution in [2.75, 3.05) is 13.7 Å². The zero-order valence-electron chi connectivity index (χ0n) is 21.2. The van der Waals surface area contributed by atoms with E-state index in [1.165, 1.54) is 6.33 Å². The molecule has 4 aromatic rings. The number of imide groups is 1. The lowest BCUT2D eigenvalue weighted by Crippen LogP contribution is -2.42. The maximum Gasteiger partial charge on any atom is 0.321 e. The highest BCUT2D eigenvalue weighted by Gasteiger charge is 2.30. The number of carbonyl (C=O) groups excluding carboxylic acids is 3. The molecule has 0 fully saturated rings. The standard InChI is InChI=1S/C27H27N7O4/c1-16(2)34-14-30-24-23(28-13-29-25(24)34)18-6-4-17(5-7-18)22(32-27(37)31-15-35)12-33-11-19-8-9-20(38-3)10-21(19)26(33)36/h4-10,13-16,22H,11-12H2,1-3H3,(H2,31,32,35,37)/t22-/m0/s1. The monoisotopic (exact) mass is 513 g/mol. The van der Waals surface area contributed by atoms with Crippen LogP contribution in [0.2, 0.25) is 0 Å². The minimum absolute atomic E-state index is 0.151. The molecule has 0 unspecified atom stereocenters. The molecule has 2 aromatic heterocycles. The number of aromatic nitrogens is 4. The molecule has 1 atom stereocenters. The van der Waals surface area contributed by atoms with E-state index in [4.69, 9.17) is 4.74 Å². The molecule has 0 saturated carbocycles. The van der Waals surface area contributed by atoms with Gasteiger partial charge in [0.15, 0.2) is 5.65 Å². The second-order valence-corrected chi connectivity index (χ2v) is 9.26. The summed E-state index contributed by atoms with van der Waals surface area (Å²) < 4.78 is 7.24. The Kier molecular flexibility index (Phi) is 6.73. The van der Waals surface area contributed by atoms with Crippen molar-refractivity contribution in [3.05, 3.63) is 71.8 Å². The van der Waals surface area contributed by atoms with Crippen LogP contribution >= 0.6 is 0 Å². The lowest BCUT2D eigenvalue weighted by Gasteiger charge is -2.25. The van der Waals surface area contributed by atoms with Crippen LogP contribution in [0.5, 0.6) is 5.75 Å². The average Bonchev–Trinajstić information content (AvgIpc) is 3.49. The molecule has 4 amide bonds. The number of urea groups is 1. The van der Waals surface area contributed by atoms with E-state index in [9.17, 15) is 14.4 Å². The fourth-order valence-corrected chi connectivity index (χ4v) is 4.64. The van der Waals surface area contributed by atoms with E-state index in [0.717, 1.165) is 22.3 Å². The maximum absolute atomic E-state index is 13.1. The fourth-order valence-electron chi connectivity index (χ4n) is 4.64. The number of fused-ring (bicyclic) bond motifs is 2. The molecule has 194 valence electrons. The average molecular weight is 514 g/mol. The van der Waals surface area contributed by atoms with Gasteiger partial charge in [0.2, 0.25) is 6.41 Å². The number of ether oxygens (including phenoxy) is 1. The Hall–Kier alpha value is -4.80. The van der Waals surface area contributed by atoms with Crippen molar-refractivity contribution in [2.24, 2.45) is 0 Å². The predicted molar refractivity (Wildman–Crippen MR) is 139 cm³/mol. The molecule has 38 heavy (non-hydrogen) atoms. The first-order valence-corrected chi connectivity index (χ1v) is 12.1. The lowest BCUT2D eigenvalue weighted by atomic mass is 10.0. The summed E-state index contributed by atoms with van der Waals surface area (Å²) in [4.78, 5) is 51.3. The minimum Gasteiger partial charge on any atom is -0.497 e. The molecule has 0 aliphatic carbocycles. The molecule has 1 aliphatic rings. The van der Waals surface area contributed by atoms with Crippen molar-refractivity contribution in [3.8, 4) is 17.0 Å². The largest absolute Gasteiger partial charge is 0.497 e. The Balaban J connectivity index is 1.42. The smallest absolute Gasteiger partial charge is 0.321 e. The van der Waals surface area contributed by atoms with Gasteiger partial charge in [-0.1, -0.05) is 30.3 Å². The van der Waals surface area contributed by atoms with Gasteiger partial charge in [-0.05, 0) is 37.1 Å². The highest BCUT2D eigenvalue weighted by atomic mass is 16.5. The molecule has 0 radical (unpaired) electrons. The number of imidazole rings is 1. The van der Waals surface area contributed by atoms with Crippen LogP contribution in [0.1, 0.15) is 47.4 Å². The van der Waals surface area contributed by atoms with Gasteiger partial charge >= 0.3 is 6.03 Å². The van der Waals surface area contributed by atoms with E-state index < -0.39 is 12.1 Å². The first kappa shape index (κ1) is 24.9. The molecule has 5 rings (SSSR count). The molecule has 0 saturated heterocycles. The topological polar surface area (TPSA) is 131 Å². The quantitative estimate of drug-likeness (QED) is 0.346. The number of methoxy groups -OCH3 is 1. The molecule has 3 heterocycles. The third kappa shape index (κ3) is 4.65. The number of hydrogen-bond acceptors (Lipinski definition) is 7. The van der Waals surface area contributed by atoms with Crippen molar-refractivity contribution in [2.45, 2.75) is 32.5 Å². The second kappa shape index (κ2) is 10.3. The molecule has 11 nitrogen and oxygen atoms in total. The third-order valence-electron chi connectivity index (χ3n) is 6.60. The number of nitrogens with zero attached hydrogens (tertiary/aromatic N) is 5. The molecule has 1 aliphatic heterocycles. The van der Waals surface area contributed by atoms with Crippen molar-refractivity contribution in [1.82, 2.24) is 35.1 Å². The highest BCUT2D eigenvalue weighted by molar-refractivity contribution is 5.98. The van der Waals surface area contributed by atoms with Gasteiger partial charge < -0.3 is 19.5 Å². The number of rotatable bonds is 8. The predicted octanol–water partition coefficient (Wildman–Crippen LogP) is 3.24. The summed E-state index contributed by atoms with van der Waals surface area (Å²) in [6, 6.07) is 11.9. The fraction of sp³-hybridized carbons (Fsp3) is 0.259. The van der Waals surface area contributed by atoms with Crippen LogP contribution in [-0.2, 0) is 11.3 Å². The summed E-state index contributed by atoms with van der Waals surface area (Å²) >= 11 is 0. The number of hydrogen-bond donors (Lipinski definition) is 2. The van der Waals surface area contributed by atoms with Crippen LogP contribution in [0.25, 0.3) is 22.4 Å². The third-order valence-corrected chi connectivity index (χ3v) is 6.60. The van der Waals surface area contributed by atoms with E-state index in [2.05, 4.69) is 39.4 Å². The molecular weight excluding hydrogens is 486 g/mol. The van der Waals surface area contributed by atoms with Gasteiger partial charge in [-0.15, -0.1) is 0 Å². The zero-order chi connectivity index (χ0) is 26.8. The van der Waals surface area contributed by atoms with E-state index in [1.807, 2.05) is 41.0 Å². The number of nitrogens with one attached hydrogen (secondary N) is 2. The van der Waals surface area contributed by atoms with Gasteiger partial charge in [-0.25, -0.2) is 19.7 Å². The van der Waals surface area contributed by atoms with Crippen LogP contribution in [0.4, 0.5) is 4.79 Å². The molecule has 0 spiro atoms. The highest BCUT2D eigenvalue weighted by Crippen LogP contribution is 2.30. The van der Waals surface area contributed by atoms with Crippen molar-refractivity contribution in [1.29, 1.82) is 0 Å². The van der Waals surface area contributed by atoms with Crippen LogP contribution in [0, 0.1) is 0 Å². The number of benzene rings is 2. The molecule has 2 aromatic carbocycles. The van der Waals surface area contributed by atoms with Gasteiger partial charge in [0.25, 0.3) is 5.91 Å². The lowest BCUT2D eigenvalue weighted by molar-refractivity contribution is -0.108. The van der Waals surface area contributed by atoms with E-state index in [0.29, 0.717) is 35.5 Å². The zero-order valence-corrected chi connectivity index (χ0v) is 21.2. The van der Waals surface area contributed by atoms with Crippen molar-refractivity contribution >= 4 is 29.5 Å². The second-order valence-electron chi connectivity index (χ2n) is 9.26. The van der Waals surface area contributed by atoms with Crippen LogP contribution < -0.4 is 15.4 Å². The maximum atomic E-state index is 13.1. The molecule has 11 heteroatoms. The number of amides is 4. The molecular formula is C27H27N7O4. The van der Waals surface area contributed by atoms with Gasteiger partial charge in [-0.2, -0.15) is 0 Å². The van der Waals surface area contributed by atoms with Gasteiger partial charge in [0.1, 0.15) is 23.3 Å². The number of carbonyl (C=O) groups is 3. The van der Waals surface area contributed by atoms with Crippen LogP contribution in [0.15, 0.2) is 55.1 Å².